The van der Waals surface area contributed by atoms with Crippen LogP contribution in [-0.2, 0) is 10.2 Å². The molecule has 1 aromatic rings. The summed E-state index contributed by atoms with van der Waals surface area (Å²) in [5.74, 6) is 0.230. The van der Waals surface area contributed by atoms with Crippen LogP contribution in [0.2, 0.25) is 0 Å². The minimum Gasteiger partial charge on any atom is -0.295 e. The molecule has 0 N–H and O–H groups in total. The first kappa shape index (κ1) is 10.2. The number of rotatable bonds is 0. The van der Waals surface area contributed by atoms with Crippen LogP contribution in [0, 0.1) is 0 Å². The highest BCUT2D eigenvalue weighted by Crippen LogP contribution is 2.35. The zero-order chi connectivity index (χ0) is 11.1. The van der Waals surface area contributed by atoms with Crippen LogP contribution in [0.25, 0.3) is 5.57 Å². The van der Waals surface area contributed by atoms with Gasteiger partial charge < -0.3 is 0 Å². The number of fused-ring (bicyclic) bond motifs is 1. The number of carbonyl (C=O) groups is 1. The Bertz CT molecular complexity index is 438. The van der Waals surface area contributed by atoms with E-state index in [1.54, 1.807) is 6.08 Å². The molecule has 0 aromatic heterocycles. The van der Waals surface area contributed by atoms with Gasteiger partial charge in [-0.3, -0.25) is 4.79 Å². The molecule has 1 heteroatoms. The fourth-order valence-corrected chi connectivity index (χ4v) is 2.32. The van der Waals surface area contributed by atoms with E-state index in [0.717, 1.165) is 5.57 Å². The third-order valence-corrected chi connectivity index (χ3v) is 3.07. The molecule has 78 valence electrons. The second-order valence-electron chi connectivity index (χ2n) is 4.90. The van der Waals surface area contributed by atoms with Gasteiger partial charge in [0.2, 0.25) is 0 Å². The van der Waals surface area contributed by atoms with Gasteiger partial charge in [-0.1, -0.05) is 38.1 Å². The van der Waals surface area contributed by atoms with E-state index in [9.17, 15) is 4.79 Å². The van der Waals surface area contributed by atoms with E-state index in [2.05, 4.69) is 26.0 Å². The van der Waals surface area contributed by atoms with Crippen molar-refractivity contribution in [1.82, 2.24) is 0 Å². The molecule has 0 fully saturated rings. The van der Waals surface area contributed by atoms with Gasteiger partial charge >= 0.3 is 0 Å². The standard InChI is InChI=1S/C14H16O/c1-10-8-11(15)9-14(2,3)13-7-5-4-6-12(10)13/h4-8H,9H2,1-3H3. The van der Waals surface area contributed by atoms with Crippen LogP contribution in [0.3, 0.4) is 0 Å². The quantitative estimate of drug-likeness (QED) is 0.627. The average Bonchev–Trinajstić information content (AvgIpc) is 2.23. The molecule has 15 heavy (non-hydrogen) atoms. The van der Waals surface area contributed by atoms with Gasteiger partial charge in [0, 0.05) is 6.42 Å². The fourth-order valence-electron chi connectivity index (χ4n) is 2.32. The maximum atomic E-state index is 11.7. The molecule has 0 bridgehead atoms. The van der Waals surface area contributed by atoms with Crippen LogP contribution < -0.4 is 0 Å². The molecule has 0 radical (unpaired) electrons. The Hall–Kier alpha value is -1.37. The van der Waals surface area contributed by atoms with Crippen molar-refractivity contribution in [1.29, 1.82) is 0 Å². The van der Waals surface area contributed by atoms with Crippen molar-refractivity contribution in [2.45, 2.75) is 32.6 Å². The van der Waals surface area contributed by atoms with Crippen LogP contribution in [-0.4, -0.2) is 5.78 Å². The van der Waals surface area contributed by atoms with Gasteiger partial charge in [-0.05, 0) is 35.1 Å². The van der Waals surface area contributed by atoms with Gasteiger partial charge in [-0.15, -0.1) is 0 Å². The van der Waals surface area contributed by atoms with Crippen molar-refractivity contribution < 1.29 is 4.79 Å². The van der Waals surface area contributed by atoms with E-state index >= 15 is 0 Å². The van der Waals surface area contributed by atoms with Crippen LogP contribution in [0.4, 0.5) is 0 Å². The van der Waals surface area contributed by atoms with Gasteiger partial charge in [0.1, 0.15) is 0 Å². The molecule has 0 spiro atoms. The molecular formula is C14H16O. The normalized spacial score (nSPS) is 19.1. The predicted octanol–water partition coefficient (Wildman–Crippen LogP) is 3.34. The van der Waals surface area contributed by atoms with E-state index in [4.69, 9.17) is 0 Å². The molecule has 2 rings (SSSR count). The number of allylic oxidation sites excluding steroid dienone is 2. The minimum atomic E-state index is -0.0536. The predicted molar refractivity (Wildman–Crippen MR) is 62.7 cm³/mol. The van der Waals surface area contributed by atoms with E-state index in [1.807, 2.05) is 19.1 Å². The second-order valence-corrected chi connectivity index (χ2v) is 4.90. The summed E-state index contributed by atoms with van der Waals surface area (Å²) in [6.07, 6.45) is 2.37. The average molecular weight is 200 g/mol. The summed E-state index contributed by atoms with van der Waals surface area (Å²) >= 11 is 0. The highest BCUT2D eigenvalue weighted by atomic mass is 16.1. The van der Waals surface area contributed by atoms with Crippen molar-refractivity contribution in [3.8, 4) is 0 Å². The van der Waals surface area contributed by atoms with Crippen molar-refractivity contribution in [3.63, 3.8) is 0 Å². The Morgan fingerprint density at radius 1 is 1.20 bits per heavy atom. The lowest BCUT2D eigenvalue weighted by atomic mass is 9.79. The lowest BCUT2D eigenvalue weighted by molar-refractivity contribution is -0.115. The largest absolute Gasteiger partial charge is 0.295 e. The first-order valence-electron chi connectivity index (χ1n) is 5.32. The zero-order valence-electron chi connectivity index (χ0n) is 9.50. The number of hydrogen-bond acceptors (Lipinski definition) is 1. The number of benzene rings is 1. The summed E-state index contributed by atoms with van der Waals surface area (Å²) < 4.78 is 0. The molecule has 0 atom stereocenters. The van der Waals surface area contributed by atoms with Crippen molar-refractivity contribution in [2.24, 2.45) is 0 Å². The molecule has 0 saturated carbocycles. The third-order valence-electron chi connectivity index (χ3n) is 3.07. The zero-order valence-corrected chi connectivity index (χ0v) is 9.50. The Labute approximate surface area is 90.8 Å². The lowest BCUT2D eigenvalue weighted by Gasteiger charge is -2.24. The molecule has 1 nitrogen and oxygen atoms in total. The number of ketones is 1. The summed E-state index contributed by atoms with van der Waals surface area (Å²) in [4.78, 5) is 11.7. The molecule has 0 aliphatic heterocycles. The molecule has 1 aromatic carbocycles. The first-order valence-corrected chi connectivity index (χ1v) is 5.32. The maximum absolute atomic E-state index is 11.7. The van der Waals surface area contributed by atoms with Gasteiger partial charge in [0.05, 0.1) is 0 Å². The third kappa shape index (κ3) is 1.74. The summed E-state index contributed by atoms with van der Waals surface area (Å²) in [5, 5.41) is 0. The Morgan fingerprint density at radius 2 is 1.87 bits per heavy atom. The highest BCUT2D eigenvalue weighted by molar-refractivity contribution is 5.99. The first-order chi connectivity index (χ1) is 7.00. The van der Waals surface area contributed by atoms with Gasteiger partial charge in [0.15, 0.2) is 5.78 Å². The molecule has 1 aliphatic carbocycles. The van der Waals surface area contributed by atoms with E-state index in [-0.39, 0.29) is 11.2 Å². The summed E-state index contributed by atoms with van der Waals surface area (Å²) in [6, 6.07) is 8.30. The van der Waals surface area contributed by atoms with Crippen molar-refractivity contribution in [2.75, 3.05) is 0 Å². The summed E-state index contributed by atoms with van der Waals surface area (Å²) in [6.45, 7) is 6.28. The Balaban J connectivity index is 2.67. The fraction of sp³-hybridized carbons (Fsp3) is 0.357. The Kier molecular flexibility index (Phi) is 2.26. The van der Waals surface area contributed by atoms with Crippen LogP contribution in [0.1, 0.15) is 38.3 Å². The molecule has 0 unspecified atom stereocenters. The number of carbonyl (C=O) groups excluding carboxylic acids is 1. The lowest BCUT2D eigenvalue weighted by Crippen LogP contribution is -2.20. The molecule has 0 saturated heterocycles. The topological polar surface area (TPSA) is 17.1 Å². The van der Waals surface area contributed by atoms with Gasteiger partial charge in [-0.2, -0.15) is 0 Å². The second kappa shape index (κ2) is 3.34. The van der Waals surface area contributed by atoms with Crippen LogP contribution in [0.15, 0.2) is 30.3 Å². The van der Waals surface area contributed by atoms with E-state index in [1.165, 1.54) is 11.1 Å². The Morgan fingerprint density at radius 3 is 2.60 bits per heavy atom. The van der Waals surface area contributed by atoms with E-state index in [0.29, 0.717) is 6.42 Å². The van der Waals surface area contributed by atoms with Crippen molar-refractivity contribution in [3.05, 3.63) is 41.5 Å². The van der Waals surface area contributed by atoms with Crippen LogP contribution >= 0.6 is 0 Å². The van der Waals surface area contributed by atoms with Crippen molar-refractivity contribution >= 4 is 11.4 Å². The van der Waals surface area contributed by atoms with Crippen LogP contribution in [0.5, 0.6) is 0 Å². The van der Waals surface area contributed by atoms with Gasteiger partial charge in [-0.25, -0.2) is 0 Å². The summed E-state index contributed by atoms with van der Waals surface area (Å²) in [7, 11) is 0. The van der Waals surface area contributed by atoms with Gasteiger partial charge in [0.25, 0.3) is 0 Å². The minimum absolute atomic E-state index is 0.0536. The molecule has 1 aliphatic rings. The molecule has 0 amide bonds. The maximum Gasteiger partial charge on any atom is 0.156 e. The monoisotopic (exact) mass is 200 g/mol. The smallest absolute Gasteiger partial charge is 0.156 e. The SMILES string of the molecule is CC1=CC(=O)CC(C)(C)c2ccccc21. The molecular weight excluding hydrogens is 184 g/mol. The highest BCUT2D eigenvalue weighted by Gasteiger charge is 2.28. The molecule has 0 heterocycles. The van der Waals surface area contributed by atoms with E-state index < -0.39 is 0 Å². The summed E-state index contributed by atoms with van der Waals surface area (Å²) in [5.41, 5.74) is 3.53. The number of hydrogen-bond donors (Lipinski definition) is 0.